The van der Waals surface area contributed by atoms with Gasteiger partial charge in [0.2, 0.25) is 0 Å². The SMILES string of the molecule is CC1(C)C=C(c2ccc(B3OC(C)(C)C(C)(C)O3)cc2)C=C2C=c3cc4c5ccccc5c5ccccc5c4cc3=C21. The van der Waals surface area contributed by atoms with Gasteiger partial charge in [0, 0.05) is 5.41 Å². The van der Waals surface area contributed by atoms with Crippen LogP contribution in [0, 0.1) is 5.41 Å². The molecule has 0 saturated carbocycles. The zero-order valence-corrected chi connectivity index (χ0v) is 25.2. The van der Waals surface area contributed by atoms with E-state index in [1.165, 1.54) is 65.0 Å². The first-order valence-electron chi connectivity index (χ1n) is 15.0. The van der Waals surface area contributed by atoms with Crippen molar-refractivity contribution in [1.82, 2.24) is 0 Å². The number of hydrogen-bond donors (Lipinski definition) is 0. The quantitative estimate of drug-likeness (QED) is 0.169. The maximum atomic E-state index is 6.29. The summed E-state index contributed by atoms with van der Waals surface area (Å²) < 4.78 is 12.6. The zero-order valence-electron chi connectivity index (χ0n) is 25.2. The lowest BCUT2D eigenvalue weighted by molar-refractivity contribution is 0.00578. The maximum Gasteiger partial charge on any atom is 0.494 e. The Bertz CT molecular complexity index is 2140. The molecule has 5 aromatic rings. The average Bonchev–Trinajstić information content (AvgIpc) is 3.44. The Labute approximate surface area is 247 Å². The van der Waals surface area contributed by atoms with Crippen LogP contribution < -0.4 is 15.9 Å². The monoisotopic (exact) mass is 546 g/mol. The van der Waals surface area contributed by atoms with Crippen LogP contribution in [0.15, 0.2) is 103 Å². The molecule has 3 aliphatic rings. The van der Waals surface area contributed by atoms with Gasteiger partial charge in [-0.15, -0.1) is 0 Å². The van der Waals surface area contributed by atoms with Gasteiger partial charge >= 0.3 is 7.12 Å². The van der Waals surface area contributed by atoms with Crippen LogP contribution in [0.25, 0.3) is 49.5 Å². The highest BCUT2D eigenvalue weighted by Crippen LogP contribution is 2.44. The Morgan fingerprint density at radius 2 is 1.07 bits per heavy atom. The van der Waals surface area contributed by atoms with E-state index >= 15 is 0 Å². The highest BCUT2D eigenvalue weighted by Gasteiger charge is 2.51. The van der Waals surface area contributed by atoms with Crippen LogP contribution in [0.2, 0.25) is 0 Å². The summed E-state index contributed by atoms with van der Waals surface area (Å²) >= 11 is 0. The molecule has 0 atom stereocenters. The molecule has 5 aromatic carbocycles. The van der Waals surface area contributed by atoms with Crippen LogP contribution >= 0.6 is 0 Å². The first-order valence-corrected chi connectivity index (χ1v) is 15.0. The predicted octanol–water partition coefficient (Wildman–Crippen LogP) is 7.44. The lowest BCUT2D eigenvalue weighted by Crippen LogP contribution is -2.41. The molecule has 8 rings (SSSR count). The Kier molecular flexibility index (Phi) is 5.26. The summed E-state index contributed by atoms with van der Waals surface area (Å²) in [6.07, 6.45) is 7.19. The van der Waals surface area contributed by atoms with Crippen LogP contribution in [-0.2, 0) is 9.31 Å². The Morgan fingerprint density at radius 3 is 1.64 bits per heavy atom. The van der Waals surface area contributed by atoms with Gasteiger partial charge in [-0.2, -0.15) is 0 Å². The second-order valence-corrected chi connectivity index (χ2v) is 13.7. The molecule has 1 heterocycles. The highest BCUT2D eigenvalue weighted by molar-refractivity contribution is 6.62. The molecule has 0 radical (unpaired) electrons. The van der Waals surface area contributed by atoms with Crippen molar-refractivity contribution in [3.63, 3.8) is 0 Å². The molecule has 0 unspecified atom stereocenters. The molecule has 0 amide bonds. The standard InChI is InChI=1S/C39H35BO2/c1-37(2)23-27(24-15-17-28(18-16-24)40-41-38(3,4)39(5,6)42-40)20-26-19-25-21-34-31-13-9-7-11-29(31)30-12-8-10-14-32(30)35(34)22-33(25)36(26)37/h7-23H,1-6H3. The van der Waals surface area contributed by atoms with Crippen LogP contribution in [0.3, 0.4) is 0 Å². The van der Waals surface area contributed by atoms with E-state index in [-0.39, 0.29) is 23.7 Å². The van der Waals surface area contributed by atoms with Crippen molar-refractivity contribution in [2.24, 2.45) is 5.41 Å². The summed E-state index contributed by atoms with van der Waals surface area (Å²) in [5.41, 5.74) is 5.43. The van der Waals surface area contributed by atoms with E-state index in [1.54, 1.807) is 0 Å². The van der Waals surface area contributed by atoms with Gasteiger partial charge in [-0.25, -0.2) is 0 Å². The van der Waals surface area contributed by atoms with E-state index in [0.29, 0.717) is 0 Å². The maximum absolute atomic E-state index is 6.29. The molecular formula is C39H35BO2. The van der Waals surface area contributed by atoms with Crippen molar-refractivity contribution < 1.29 is 9.31 Å². The fourth-order valence-electron chi connectivity index (χ4n) is 7.18. The lowest BCUT2D eigenvalue weighted by atomic mass is 9.73. The van der Waals surface area contributed by atoms with E-state index in [9.17, 15) is 0 Å². The minimum Gasteiger partial charge on any atom is -0.399 e. The minimum atomic E-state index is -0.349. The normalized spacial score (nSPS) is 20.0. The number of rotatable bonds is 2. The second kappa shape index (κ2) is 8.57. The Hall–Kier alpha value is -3.92. The topological polar surface area (TPSA) is 18.5 Å². The van der Waals surface area contributed by atoms with Crippen LogP contribution in [-0.4, -0.2) is 18.3 Å². The molecule has 2 nitrogen and oxygen atoms in total. The van der Waals surface area contributed by atoms with E-state index < -0.39 is 0 Å². The highest BCUT2D eigenvalue weighted by atomic mass is 16.7. The first-order chi connectivity index (χ1) is 20.0. The zero-order chi connectivity index (χ0) is 29.0. The average molecular weight is 547 g/mol. The van der Waals surface area contributed by atoms with Crippen LogP contribution in [0.1, 0.15) is 47.1 Å². The molecule has 0 bridgehead atoms. The number of fused-ring (bicyclic) bond motifs is 8. The minimum absolute atomic E-state index is 0.119. The molecule has 3 heteroatoms. The van der Waals surface area contributed by atoms with Crippen molar-refractivity contribution in [2.75, 3.05) is 0 Å². The van der Waals surface area contributed by atoms with Crippen molar-refractivity contribution in [1.29, 1.82) is 0 Å². The summed E-state index contributed by atoms with van der Waals surface area (Å²) in [4.78, 5) is 0. The molecule has 206 valence electrons. The van der Waals surface area contributed by atoms with E-state index in [0.717, 1.165) is 5.46 Å². The summed E-state index contributed by atoms with van der Waals surface area (Å²) in [5.74, 6) is 0. The van der Waals surface area contributed by atoms with Crippen LogP contribution in [0.5, 0.6) is 0 Å². The molecule has 2 aliphatic carbocycles. The molecule has 0 spiro atoms. The first kappa shape index (κ1) is 25.8. The third-order valence-corrected chi connectivity index (χ3v) is 10.0. The van der Waals surface area contributed by atoms with Gasteiger partial charge in [0.05, 0.1) is 11.2 Å². The Balaban J connectivity index is 1.25. The van der Waals surface area contributed by atoms with Gasteiger partial charge in [0.1, 0.15) is 0 Å². The Morgan fingerprint density at radius 1 is 0.548 bits per heavy atom. The van der Waals surface area contributed by atoms with Gasteiger partial charge < -0.3 is 9.31 Å². The summed E-state index contributed by atoms with van der Waals surface area (Å²) in [5, 5.41) is 10.6. The molecule has 0 N–H and O–H groups in total. The number of allylic oxidation sites excluding steroid dienone is 4. The van der Waals surface area contributed by atoms with Crippen molar-refractivity contribution in [3.8, 4) is 0 Å². The van der Waals surface area contributed by atoms with Gasteiger partial charge in [-0.1, -0.05) is 92.7 Å². The number of hydrogen-bond acceptors (Lipinski definition) is 2. The van der Waals surface area contributed by atoms with Crippen LogP contribution in [0.4, 0.5) is 0 Å². The predicted molar refractivity (Wildman–Crippen MR) is 178 cm³/mol. The van der Waals surface area contributed by atoms with Crippen molar-refractivity contribution >= 4 is 62.1 Å². The van der Waals surface area contributed by atoms with Crippen molar-refractivity contribution in [2.45, 2.75) is 52.7 Å². The molecule has 0 aromatic heterocycles. The third-order valence-electron chi connectivity index (χ3n) is 10.0. The van der Waals surface area contributed by atoms with Gasteiger partial charge in [0.25, 0.3) is 0 Å². The molecule has 1 fully saturated rings. The van der Waals surface area contributed by atoms with E-state index in [4.69, 9.17) is 9.31 Å². The number of benzene rings is 5. The summed E-state index contributed by atoms with van der Waals surface area (Å²) in [6, 6.07) is 31.2. The lowest BCUT2D eigenvalue weighted by Gasteiger charge is -2.32. The third kappa shape index (κ3) is 3.67. The van der Waals surface area contributed by atoms with Crippen molar-refractivity contribution in [3.05, 3.63) is 119 Å². The largest absolute Gasteiger partial charge is 0.494 e. The van der Waals surface area contributed by atoms with Gasteiger partial charge in [0.15, 0.2) is 0 Å². The molecule has 1 aliphatic heterocycles. The second-order valence-electron chi connectivity index (χ2n) is 13.7. The molecular weight excluding hydrogens is 511 g/mol. The van der Waals surface area contributed by atoms with Gasteiger partial charge in [-0.3, -0.25) is 0 Å². The van der Waals surface area contributed by atoms with E-state index in [2.05, 4.69) is 145 Å². The molecule has 42 heavy (non-hydrogen) atoms. The smallest absolute Gasteiger partial charge is 0.399 e. The van der Waals surface area contributed by atoms with E-state index in [1.807, 2.05) is 0 Å². The fourth-order valence-corrected chi connectivity index (χ4v) is 7.18. The fraction of sp³-hybridized carbons (Fsp3) is 0.231. The molecule has 1 saturated heterocycles. The van der Waals surface area contributed by atoms with Gasteiger partial charge in [-0.05, 0) is 122 Å². The summed E-state index contributed by atoms with van der Waals surface area (Å²) in [7, 11) is -0.349. The summed E-state index contributed by atoms with van der Waals surface area (Å²) in [6.45, 7) is 13.1.